The zero-order valence-corrected chi connectivity index (χ0v) is 16.7. The lowest BCUT2D eigenvalue weighted by Gasteiger charge is -2.07. The lowest BCUT2D eigenvalue weighted by molar-refractivity contribution is 0.0906. The van der Waals surface area contributed by atoms with Gasteiger partial charge in [0.1, 0.15) is 0 Å². The molecule has 0 aliphatic rings. The largest absolute Gasteiger partial charge is 0.350 e. The van der Waals surface area contributed by atoms with Crippen molar-refractivity contribution >= 4 is 11.8 Å². The molecule has 0 fully saturated rings. The number of rotatable bonds is 7. The summed E-state index contributed by atoms with van der Waals surface area (Å²) < 4.78 is 5.35. The molecule has 4 aromatic rings. The van der Waals surface area contributed by atoms with Gasteiger partial charge in [0.15, 0.2) is 5.69 Å². The second kappa shape index (κ2) is 9.54. The zero-order valence-electron chi connectivity index (χ0n) is 16.7. The Morgan fingerprint density at radius 2 is 1.16 bits per heavy atom. The smallest absolute Gasteiger partial charge is 0.290 e. The normalized spacial score (nSPS) is 10.5. The summed E-state index contributed by atoms with van der Waals surface area (Å²) in [5.41, 5.74) is 3.04. The molecule has 0 bridgehead atoms. The molecule has 0 spiro atoms. The number of nitrogens with zero attached hydrogens (tertiary/aromatic N) is 1. The summed E-state index contributed by atoms with van der Waals surface area (Å²) in [4.78, 5) is 25.7. The lowest BCUT2D eigenvalue weighted by Crippen LogP contribution is -2.25. The van der Waals surface area contributed by atoms with Crippen molar-refractivity contribution in [2.24, 2.45) is 0 Å². The summed E-state index contributed by atoms with van der Waals surface area (Å²) in [5.74, 6) is -0.835. The van der Waals surface area contributed by atoms with Crippen LogP contribution in [0.5, 0.6) is 0 Å². The molecule has 0 aliphatic carbocycles. The first-order valence-corrected chi connectivity index (χ1v) is 9.91. The molecule has 154 valence electrons. The number of carbonyl (C=O) groups excluding carboxylic acids is 2. The third-order valence-electron chi connectivity index (χ3n) is 4.77. The maximum absolute atomic E-state index is 12.9. The van der Waals surface area contributed by atoms with E-state index in [9.17, 15) is 9.59 Å². The Labute approximate surface area is 179 Å². The van der Waals surface area contributed by atoms with Gasteiger partial charge in [-0.3, -0.25) is 9.59 Å². The highest BCUT2D eigenvalue weighted by Gasteiger charge is 2.27. The second-order valence-electron chi connectivity index (χ2n) is 6.94. The third kappa shape index (κ3) is 4.87. The maximum Gasteiger partial charge on any atom is 0.290 e. The van der Waals surface area contributed by atoms with E-state index in [1.165, 1.54) is 0 Å². The van der Waals surface area contributed by atoms with Gasteiger partial charge in [0.2, 0.25) is 5.76 Å². The first-order chi connectivity index (χ1) is 15.2. The van der Waals surface area contributed by atoms with E-state index in [0.29, 0.717) is 24.2 Å². The molecule has 0 unspecified atom stereocenters. The average Bonchev–Trinajstić information content (AvgIpc) is 3.28. The molecular formula is C25H21N3O3. The molecule has 3 aromatic carbocycles. The average molecular weight is 411 g/mol. The van der Waals surface area contributed by atoms with Gasteiger partial charge in [-0.05, 0) is 16.7 Å². The van der Waals surface area contributed by atoms with Gasteiger partial charge < -0.3 is 15.2 Å². The van der Waals surface area contributed by atoms with E-state index in [4.69, 9.17) is 4.52 Å². The van der Waals surface area contributed by atoms with Crippen molar-refractivity contribution in [2.45, 2.75) is 13.1 Å². The molecule has 4 rings (SSSR count). The van der Waals surface area contributed by atoms with Crippen LogP contribution in [0.4, 0.5) is 0 Å². The summed E-state index contributed by atoms with van der Waals surface area (Å²) in [6.45, 7) is 0.681. The third-order valence-corrected chi connectivity index (χ3v) is 4.77. The SMILES string of the molecule is O=C(NCc1ccccc1)c1noc(C(=O)NCc2ccccc2)c1-c1ccccc1. The van der Waals surface area contributed by atoms with Crippen LogP contribution in [0.15, 0.2) is 95.5 Å². The summed E-state index contributed by atoms with van der Waals surface area (Å²) in [5, 5.41) is 9.61. The molecule has 31 heavy (non-hydrogen) atoms. The minimum absolute atomic E-state index is 0.00647. The Balaban J connectivity index is 1.58. The number of nitrogens with one attached hydrogen (secondary N) is 2. The van der Waals surface area contributed by atoms with Crippen molar-refractivity contribution in [2.75, 3.05) is 0 Å². The van der Waals surface area contributed by atoms with Crippen LogP contribution in [0.3, 0.4) is 0 Å². The van der Waals surface area contributed by atoms with E-state index in [1.807, 2.05) is 91.0 Å². The van der Waals surface area contributed by atoms with Gasteiger partial charge >= 0.3 is 0 Å². The van der Waals surface area contributed by atoms with Crippen molar-refractivity contribution in [3.05, 3.63) is 114 Å². The second-order valence-corrected chi connectivity index (χ2v) is 6.94. The van der Waals surface area contributed by atoms with E-state index in [0.717, 1.165) is 11.1 Å². The molecule has 6 heteroatoms. The molecule has 2 N–H and O–H groups in total. The van der Waals surface area contributed by atoms with Crippen LogP contribution in [-0.4, -0.2) is 17.0 Å². The van der Waals surface area contributed by atoms with E-state index in [1.54, 1.807) is 0 Å². The van der Waals surface area contributed by atoms with Gasteiger partial charge in [0, 0.05) is 13.1 Å². The van der Waals surface area contributed by atoms with Gasteiger partial charge in [0.05, 0.1) is 5.56 Å². The minimum atomic E-state index is -0.433. The van der Waals surface area contributed by atoms with E-state index < -0.39 is 11.8 Å². The highest BCUT2D eigenvalue weighted by Crippen LogP contribution is 2.28. The molecule has 0 saturated heterocycles. The summed E-state index contributed by atoms with van der Waals surface area (Å²) in [6.07, 6.45) is 0. The summed E-state index contributed by atoms with van der Waals surface area (Å²) in [7, 11) is 0. The topological polar surface area (TPSA) is 84.2 Å². The van der Waals surface area contributed by atoms with Crippen LogP contribution in [0.1, 0.15) is 32.2 Å². The number of carbonyl (C=O) groups is 2. The Kier molecular flexibility index (Phi) is 6.18. The van der Waals surface area contributed by atoms with E-state index in [2.05, 4.69) is 15.8 Å². The van der Waals surface area contributed by atoms with Gasteiger partial charge in [-0.15, -0.1) is 0 Å². The van der Waals surface area contributed by atoms with Crippen LogP contribution in [0.2, 0.25) is 0 Å². The van der Waals surface area contributed by atoms with Crippen LogP contribution in [-0.2, 0) is 13.1 Å². The Hall–Kier alpha value is -4.19. The fourth-order valence-corrected chi connectivity index (χ4v) is 3.19. The van der Waals surface area contributed by atoms with E-state index in [-0.39, 0.29) is 11.5 Å². The Bertz CT molecular complexity index is 1080. The molecule has 6 nitrogen and oxygen atoms in total. The van der Waals surface area contributed by atoms with Crippen molar-refractivity contribution in [3.63, 3.8) is 0 Å². The number of hydrogen-bond acceptors (Lipinski definition) is 4. The Morgan fingerprint density at radius 1 is 0.677 bits per heavy atom. The molecule has 0 atom stereocenters. The van der Waals surface area contributed by atoms with E-state index >= 15 is 0 Å². The molecular weight excluding hydrogens is 390 g/mol. The van der Waals surface area contributed by atoms with Crippen LogP contribution < -0.4 is 10.6 Å². The molecule has 0 aliphatic heterocycles. The van der Waals surface area contributed by atoms with Crippen LogP contribution >= 0.6 is 0 Å². The number of amides is 2. The van der Waals surface area contributed by atoms with Gasteiger partial charge in [-0.25, -0.2) is 0 Å². The lowest BCUT2D eigenvalue weighted by atomic mass is 10.0. The molecule has 2 amide bonds. The standard InChI is InChI=1S/C25H21N3O3/c29-24(26-16-18-10-4-1-5-11-18)22-21(20-14-8-3-9-15-20)23(31-28-22)25(30)27-17-19-12-6-2-7-13-19/h1-15H,16-17H2,(H,26,29)(H,27,30). The fraction of sp³-hybridized carbons (Fsp3) is 0.0800. The molecule has 0 saturated carbocycles. The van der Waals surface area contributed by atoms with Crippen molar-refractivity contribution in [3.8, 4) is 11.1 Å². The van der Waals surface area contributed by atoms with Crippen molar-refractivity contribution in [1.82, 2.24) is 15.8 Å². The highest BCUT2D eigenvalue weighted by atomic mass is 16.5. The first kappa shape index (κ1) is 20.1. The van der Waals surface area contributed by atoms with Crippen LogP contribution in [0, 0.1) is 0 Å². The van der Waals surface area contributed by atoms with Gasteiger partial charge in [-0.1, -0.05) is 96.2 Å². The van der Waals surface area contributed by atoms with Gasteiger partial charge in [-0.2, -0.15) is 0 Å². The maximum atomic E-state index is 12.9. The molecule has 1 aromatic heterocycles. The van der Waals surface area contributed by atoms with Crippen molar-refractivity contribution in [1.29, 1.82) is 0 Å². The fourth-order valence-electron chi connectivity index (χ4n) is 3.19. The predicted octanol–water partition coefficient (Wildman–Crippen LogP) is 4.20. The highest BCUT2D eigenvalue weighted by molar-refractivity contribution is 6.06. The summed E-state index contributed by atoms with van der Waals surface area (Å²) >= 11 is 0. The molecule has 0 radical (unpaired) electrons. The first-order valence-electron chi connectivity index (χ1n) is 9.91. The summed E-state index contributed by atoms with van der Waals surface area (Å²) in [6, 6.07) is 28.3. The monoisotopic (exact) mass is 411 g/mol. The number of aromatic nitrogens is 1. The molecule has 1 heterocycles. The number of hydrogen-bond donors (Lipinski definition) is 2. The quantitative estimate of drug-likeness (QED) is 0.477. The van der Waals surface area contributed by atoms with Gasteiger partial charge in [0.25, 0.3) is 11.8 Å². The predicted molar refractivity (Wildman–Crippen MR) is 117 cm³/mol. The Morgan fingerprint density at radius 3 is 1.71 bits per heavy atom. The van der Waals surface area contributed by atoms with Crippen molar-refractivity contribution < 1.29 is 14.1 Å². The zero-order chi connectivity index (χ0) is 21.5. The minimum Gasteiger partial charge on any atom is -0.350 e. The number of benzene rings is 3. The van der Waals surface area contributed by atoms with Crippen LogP contribution in [0.25, 0.3) is 11.1 Å².